The number of rotatable bonds is 16. The van der Waals surface area contributed by atoms with Crippen LogP contribution in [0.4, 0.5) is 0 Å². The predicted octanol–water partition coefficient (Wildman–Crippen LogP) is 5.90. The maximum absolute atomic E-state index is 14.3. The fraction of sp³-hybridized carbons (Fsp3) is 0.682. The molecule has 2 aromatic carbocycles. The van der Waals surface area contributed by atoms with Gasteiger partial charge in [0.15, 0.2) is 0 Å². The number of carbonyl (C=O) groups excluding carboxylic acids is 2. The minimum Gasteiger partial charge on any atom is -0.508 e. The summed E-state index contributed by atoms with van der Waals surface area (Å²) in [7, 11) is 8.03. The third-order valence-electron chi connectivity index (χ3n) is 14.4. The zero-order valence-electron chi connectivity index (χ0n) is 34.5. The summed E-state index contributed by atoms with van der Waals surface area (Å²) in [6.45, 7) is 8.31. The molecule has 0 spiro atoms. The van der Waals surface area contributed by atoms with Gasteiger partial charge in [-0.05, 0) is 151 Å². The van der Waals surface area contributed by atoms with E-state index < -0.39 is 34.0 Å². The Morgan fingerprint density at radius 1 is 0.661 bits per heavy atom. The minimum atomic E-state index is -0.937. The van der Waals surface area contributed by atoms with E-state index in [0.29, 0.717) is 52.0 Å². The lowest BCUT2D eigenvalue weighted by molar-refractivity contribution is -0.209. The summed E-state index contributed by atoms with van der Waals surface area (Å²) in [6.07, 6.45) is 7.28. The quantitative estimate of drug-likeness (QED) is 0.0699. The number of aromatic hydroxyl groups is 2. The molecule has 4 saturated carbocycles. The molecule has 4 N–H and O–H groups in total. The fourth-order valence-corrected chi connectivity index (χ4v) is 10.8. The van der Waals surface area contributed by atoms with Crippen LogP contribution in [0.2, 0.25) is 0 Å². The second-order valence-electron chi connectivity index (χ2n) is 18.1. The summed E-state index contributed by atoms with van der Waals surface area (Å²) in [5.41, 5.74) is 5.76. The molecule has 310 valence electrons. The van der Waals surface area contributed by atoms with E-state index in [2.05, 4.69) is 34.6 Å². The molecule has 4 aliphatic rings. The van der Waals surface area contributed by atoms with Gasteiger partial charge in [-0.3, -0.25) is 0 Å². The second kappa shape index (κ2) is 17.7. The van der Waals surface area contributed by atoms with Crippen LogP contribution in [-0.4, -0.2) is 111 Å². The summed E-state index contributed by atoms with van der Waals surface area (Å²) < 4.78 is 13.2. The molecule has 12 nitrogen and oxygen atoms in total. The van der Waals surface area contributed by atoms with Crippen molar-refractivity contribution in [1.29, 1.82) is 0 Å². The number of phenols is 2. The third kappa shape index (κ3) is 8.90. The van der Waals surface area contributed by atoms with Crippen LogP contribution in [0.5, 0.6) is 11.5 Å². The number of ether oxygens (including phenoxy) is 2. The zero-order valence-corrected chi connectivity index (χ0v) is 34.5. The first-order valence-corrected chi connectivity index (χ1v) is 20.7. The Morgan fingerprint density at radius 3 is 1.45 bits per heavy atom. The first-order valence-electron chi connectivity index (χ1n) is 20.7. The highest BCUT2D eigenvalue weighted by molar-refractivity contribution is 6.30. The molecule has 0 amide bonds. The number of carbonyl (C=O) groups is 2. The van der Waals surface area contributed by atoms with Gasteiger partial charge in [0.05, 0.1) is 13.2 Å². The number of hydrogen-bond acceptors (Lipinski definition) is 12. The average molecular weight is 779 g/mol. The predicted molar refractivity (Wildman–Crippen MR) is 214 cm³/mol. The molecule has 4 aliphatic carbocycles. The highest BCUT2D eigenvalue weighted by atomic mass is 16.6. The number of nitrogens with one attached hydrogen (secondary N) is 2. The summed E-state index contributed by atoms with van der Waals surface area (Å²) in [5.74, 6) is -1.05. The molecule has 12 heteroatoms. The van der Waals surface area contributed by atoms with Crippen molar-refractivity contribution in [3.05, 3.63) is 59.7 Å². The highest BCUT2D eigenvalue weighted by Gasteiger charge is 2.65. The number of esters is 2. The van der Waals surface area contributed by atoms with Gasteiger partial charge in [0, 0.05) is 37.0 Å². The molecule has 6 rings (SSSR count). The topological polar surface area (TPSA) is 142 Å². The third-order valence-corrected chi connectivity index (χ3v) is 14.4. The SMILES string of the molecule is CN(C)CCONC[C@H]1CC[C@]2(OC(=O)C(=O)O[C@]34CC[C@H](CNOCCN(C)C)[C@@]3(C)CC[C@H](c3cccc(O)c3)C4)C[C@@H](c3cccc(O)c3)CC[C@]12C. The number of nitrogens with zero attached hydrogens (tertiary/aromatic N) is 2. The van der Waals surface area contributed by atoms with Crippen molar-refractivity contribution in [3.63, 3.8) is 0 Å². The molecule has 0 heterocycles. The Morgan fingerprint density at radius 2 is 1.07 bits per heavy atom. The molecule has 0 bridgehead atoms. The smallest absolute Gasteiger partial charge is 0.418 e. The van der Waals surface area contributed by atoms with E-state index in [-0.39, 0.29) is 35.2 Å². The van der Waals surface area contributed by atoms with Crippen molar-refractivity contribution in [2.75, 3.05) is 67.6 Å². The fourth-order valence-electron chi connectivity index (χ4n) is 10.8. The molecule has 0 saturated heterocycles. The van der Waals surface area contributed by atoms with Gasteiger partial charge in [-0.15, -0.1) is 0 Å². The lowest BCUT2D eigenvalue weighted by atomic mass is 9.59. The van der Waals surface area contributed by atoms with Crippen molar-refractivity contribution >= 4 is 11.9 Å². The van der Waals surface area contributed by atoms with Gasteiger partial charge in [0.25, 0.3) is 0 Å². The molecular formula is C44H66N4O8. The van der Waals surface area contributed by atoms with Gasteiger partial charge >= 0.3 is 11.9 Å². The van der Waals surface area contributed by atoms with Crippen LogP contribution >= 0.6 is 0 Å². The number of phenolic OH excluding ortho intramolecular Hbond substituents is 2. The lowest BCUT2D eigenvalue weighted by Crippen LogP contribution is -2.56. The van der Waals surface area contributed by atoms with E-state index >= 15 is 0 Å². The average Bonchev–Trinajstić information content (AvgIpc) is 3.59. The maximum Gasteiger partial charge on any atom is 0.418 e. The molecule has 0 unspecified atom stereocenters. The number of hydroxylamine groups is 2. The molecule has 0 radical (unpaired) electrons. The lowest BCUT2D eigenvalue weighted by Gasteiger charge is -2.52. The van der Waals surface area contributed by atoms with Gasteiger partial charge in [0.2, 0.25) is 0 Å². The van der Waals surface area contributed by atoms with Gasteiger partial charge < -0.3 is 39.2 Å². The molecule has 0 aromatic heterocycles. The number of hydrogen-bond donors (Lipinski definition) is 4. The summed E-state index contributed by atoms with van der Waals surface area (Å²) in [5, 5.41) is 20.7. The van der Waals surface area contributed by atoms with E-state index in [9.17, 15) is 19.8 Å². The van der Waals surface area contributed by atoms with E-state index in [1.165, 1.54) is 0 Å². The van der Waals surface area contributed by atoms with E-state index in [4.69, 9.17) is 19.1 Å². The van der Waals surface area contributed by atoms with Crippen LogP contribution in [0.25, 0.3) is 0 Å². The van der Waals surface area contributed by atoms with E-state index in [0.717, 1.165) is 62.7 Å². The normalized spacial score (nSPS) is 32.6. The van der Waals surface area contributed by atoms with Gasteiger partial charge in [-0.1, -0.05) is 38.1 Å². The van der Waals surface area contributed by atoms with Crippen molar-refractivity contribution in [1.82, 2.24) is 20.8 Å². The van der Waals surface area contributed by atoms with Gasteiger partial charge in [0.1, 0.15) is 22.7 Å². The summed E-state index contributed by atoms with van der Waals surface area (Å²) >= 11 is 0. The summed E-state index contributed by atoms with van der Waals surface area (Å²) in [6, 6.07) is 14.7. The van der Waals surface area contributed by atoms with Crippen LogP contribution < -0.4 is 11.0 Å². The Hall–Kier alpha value is -3.26. The highest BCUT2D eigenvalue weighted by Crippen LogP contribution is 2.64. The first-order chi connectivity index (χ1) is 26.7. The van der Waals surface area contributed by atoms with Crippen LogP contribution in [0.1, 0.15) is 101 Å². The minimum absolute atomic E-state index is 0.0494. The molecular weight excluding hydrogens is 713 g/mol. The zero-order chi connectivity index (χ0) is 40.1. The van der Waals surface area contributed by atoms with E-state index in [1.54, 1.807) is 24.3 Å². The van der Waals surface area contributed by atoms with Crippen LogP contribution in [0.3, 0.4) is 0 Å². The van der Waals surface area contributed by atoms with Gasteiger partial charge in [-0.2, -0.15) is 0 Å². The van der Waals surface area contributed by atoms with Crippen molar-refractivity contribution in [2.24, 2.45) is 22.7 Å². The molecule has 4 fully saturated rings. The maximum atomic E-state index is 14.3. The Labute approximate surface area is 333 Å². The number of likely N-dealkylation sites (N-methyl/N-ethyl adjacent to an activating group) is 2. The molecule has 8 atom stereocenters. The second-order valence-corrected chi connectivity index (χ2v) is 18.1. The van der Waals surface area contributed by atoms with Crippen molar-refractivity contribution in [2.45, 2.75) is 101 Å². The largest absolute Gasteiger partial charge is 0.508 e. The van der Waals surface area contributed by atoms with Crippen molar-refractivity contribution < 1.29 is 39.0 Å². The van der Waals surface area contributed by atoms with E-state index in [1.807, 2.05) is 52.5 Å². The Balaban J connectivity index is 1.22. The summed E-state index contributed by atoms with van der Waals surface area (Å²) in [4.78, 5) is 44.4. The monoisotopic (exact) mass is 778 g/mol. The number of benzene rings is 2. The standard InChI is InChI=1S/C44H66N4O8/c1-41-17-13-33(31-9-7-11-37(49)25-31)27-43(41,19-15-35(41)29-45-53-23-21-47(3)4)55-39(51)40(52)56-44-20-16-36(30-46-54-24-22-48(5)6)42(44,2)18-14-34(28-44)32-10-8-12-38(50)26-32/h7-12,25-26,33-36,45-46,49-50H,13-24,27-30H2,1-6H3/t33-,34-,35+,36+,41+,42+,43-,44-/m0/s1. The number of fused-ring (bicyclic) bond motifs is 2. The van der Waals surface area contributed by atoms with Crippen LogP contribution in [-0.2, 0) is 28.7 Å². The molecule has 56 heavy (non-hydrogen) atoms. The van der Waals surface area contributed by atoms with Crippen molar-refractivity contribution in [3.8, 4) is 11.5 Å². The first kappa shape index (κ1) is 42.3. The molecule has 2 aromatic rings. The Bertz CT molecular complexity index is 1540. The van der Waals surface area contributed by atoms with Crippen LogP contribution in [0.15, 0.2) is 48.5 Å². The van der Waals surface area contributed by atoms with Crippen LogP contribution in [0, 0.1) is 22.7 Å². The molecule has 0 aliphatic heterocycles. The van der Waals surface area contributed by atoms with Gasteiger partial charge in [-0.25, -0.2) is 20.5 Å². The Kier molecular flexibility index (Phi) is 13.4.